The molecule has 3 heterocycles. The second kappa shape index (κ2) is 13.4. The minimum absolute atomic E-state index is 0.0716. The number of ether oxygens (including phenoxy) is 1. The summed E-state index contributed by atoms with van der Waals surface area (Å²) in [6.07, 6.45) is 2.54. The number of halogens is 1. The Labute approximate surface area is 234 Å². The van der Waals surface area contributed by atoms with Crippen molar-refractivity contribution < 1.29 is 14.3 Å². The summed E-state index contributed by atoms with van der Waals surface area (Å²) < 4.78 is 5.24. The summed E-state index contributed by atoms with van der Waals surface area (Å²) in [6.45, 7) is 9.12. The summed E-state index contributed by atoms with van der Waals surface area (Å²) in [5, 5.41) is 0.846. The molecule has 2 amide bonds. The third kappa shape index (κ3) is 7.22. The van der Waals surface area contributed by atoms with Crippen LogP contribution >= 0.6 is 23.4 Å². The van der Waals surface area contributed by atoms with Crippen LogP contribution in [0.3, 0.4) is 0 Å². The molecule has 1 atom stereocenters. The number of anilines is 2. The minimum Gasteiger partial charge on any atom is -0.497 e. The molecule has 0 aliphatic carbocycles. The van der Waals surface area contributed by atoms with Crippen molar-refractivity contribution in [1.29, 1.82) is 0 Å². The quantitative estimate of drug-likeness (QED) is 0.260. The first-order chi connectivity index (χ1) is 18.4. The van der Waals surface area contributed by atoms with Crippen molar-refractivity contribution in [1.82, 2.24) is 19.8 Å². The van der Waals surface area contributed by atoms with E-state index in [-0.39, 0.29) is 23.6 Å². The van der Waals surface area contributed by atoms with Gasteiger partial charge in [-0.2, -0.15) is 0 Å². The molecule has 2 aromatic rings. The summed E-state index contributed by atoms with van der Waals surface area (Å²) in [5.74, 6) is 2.13. The van der Waals surface area contributed by atoms with Gasteiger partial charge in [-0.05, 0) is 37.6 Å². The van der Waals surface area contributed by atoms with E-state index in [0.717, 1.165) is 43.2 Å². The largest absolute Gasteiger partial charge is 0.497 e. The van der Waals surface area contributed by atoms with Crippen molar-refractivity contribution in [2.45, 2.75) is 44.3 Å². The maximum Gasteiger partial charge on any atom is 0.233 e. The van der Waals surface area contributed by atoms with Gasteiger partial charge in [0.2, 0.25) is 11.8 Å². The van der Waals surface area contributed by atoms with Crippen molar-refractivity contribution in [3.63, 3.8) is 0 Å². The van der Waals surface area contributed by atoms with Gasteiger partial charge in [-0.3, -0.25) is 9.59 Å². The topological polar surface area (TPSA) is 82.1 Å². The standard InChI is InChI=1S/C27H37ClN6O3S/c1-4-5-6-25(35)34-16-15-33(18-20(34)2)24-17-23(28)29-27(30-24)38-19-26(36)32-13-11-31(12-14-32)21-7-9-22(37-3)10-8-21/h7-10,17,20H,4-6,11-16,18-19H2,1-3H3/t20-/m1/s1. The molecule has 11 heteroatoms. The van der Waals surface area contributed by atoms with Crippen LogP contribution in [0.25, 0.3) is 0 Å². The van der Waals surface area contributed by atoms with Gasteiger partial charge in [0.25, 0.3) is 0 Å². The van der Waals surface area contributed by atoms with E-state index in [1.807, 2.05) is 34.1 Å². The Hall–Kier alpha value is -2.72. The monoisotopic (exact) mass is 560 g/mol. The molecule has 1 aromatic heterocycles. The zero-order valence-corrected chi connectivity index (χ0v) is 24.0. The van der Waals surface area contributed by atoms with Crippen molar-refractivity contribution in [3.8, 4) is 5.75 Å². The SMILES string of the molecule is CCCCC(=O)N1CCN(c2cc(Cl)nc(SCC(=O)N3CCN(c4ccc(OC)cc4)CC3)n2)C[C@H]1C. The fraction of sp³-hybridized carbons (Fsp3) is 0.556. The van der Waals surface area contributed by atoms with Gasteiger partial charge in [0, 0.05) is 70.0 Å². The molecule has 1 aromatic carbocycles. The number of aromatic nitrogens is 2. The number of methoxy groups -OCH3 is 1. The van der Waals surface area contributed by atoms with E-state index in [0.29, 0.717) is 49.5 Å². The molecular formula is C27H37ClN6O3S. The number of amides is 2. The van der Waals surface area contributed by atoms with Gasteiger partial charge in [0.15, 0.2) is 5.16 Å². The molecule has 0 saturated carbocycles. The van der Waals surface area contributed by atoms with E-state index in [1.54, 1.807) is 13.2 Å². The van der Waals surface area contributed by atoms with Crippen LogP contribution in [-0.2, 0) is 9.59 Å². The smallest absolute Gasteiger partial charge is 0.233 e. The second-order valence-electron chi connectivity index (χ2n) is 9.67. The van der Waals surface area contributed by atoms with E-state index in [2.05, 4.69) is 28.6 Å². The van der Waals surface area contributed by atoms with Crippen molar-refractivity contribution in [2.24, 2.45) is 0 Å². The third-order valence-corrected chi connectivity index (χ3v) is 8.10. The van der Waals surface area contributed by atoms with E-state index in [1.165, 1.54) is 11.8 Å². The molecular weight excluding hydrogens is 524 g/mol. The second-order valence-corrected chi connectivity index (χ2v) is 11.0. The molecule has 2 aliphatic heterocycles. The Morgan fingerprint density at radius 1 is 1.03 bits per heavy atom. The van der Waals surface area contributed by atoms with E-state index < -0.39 is 0 Å². The number of hydrogen-bond acceptors (Lipinski definition) is 8. The summed E-state index contributed by atoms with van der Waals surface area (Å²) in [5.41, 5.74) is 1.13. The number of carbonyl (C=O) groups excluding carboxylic acids is 2. The van der Waals surface area contributed by atoms with Crippen LogP contribution in [0.15, 0.2) is 35.5 Å². The van der Waals surface area contributed by atoms with Gasteiger partial charge in [-0.25, -0.2) is 9.97 Å². The van der Waals surface area contributed by atoms with Gasteiger partial charge in [-0.15, -0.1) is 0 Å². The average molecular weight is 561 g/mol. The number of thioether (sulfide) groups is 1. The fourth-order valence-electron chi connectivity index (χ4n) is 4.84. The summed E-state index contributed by atoms with van der Waals surface area (Å²) in [7, 11) is 1.66. The molecule has 4 rings (SSSR count). The summed E-state index contributed by atoms with van der Waals surface area (Å²) in [4.78, 5) is 42.8. The Morgan fingerprint density at radius 2 is 1.74 bits per heavy atom. The first kappa shape index (κ1) is 28.3. The van der Waals surface area contributed by atoms with Crippen molar-refractivity contribution >= 4 is 46.7 Å². The highest BCUT2D eigenvalue weighted by molar-refractivity contribution is 7.99. The normalized spacial score (nSPS) is 18.1. The Balaban J connectivity index is 1.28. The molecule has 0 bridgehead atoms. The number of rotatable bonds is 9. The Kier molecular flexibility index (Phi) is 9.96. The average Bonchev–Trinajstić information content (AvgIpc) is 2.94. The van der Waals surface area contributed by atoms with Crippen molar-refractivity contribution in [2.75, 3.05) is 68.5 Å². The predicted octanol–water partition coefficient (Wildman–Crippen LogP) is 3.81. The van der Waals surface area contributed by atoms with Gasteiger partial charge < -0.3 is 24.3 Å². The highest BCUT2D eigenvalue weighted by atomic mass is 35.5. The lowest BCUT2D eigenvalue weighted by Crippen LogP contribution is -2.54. The van der Waals surface area contributed by atoms with Crippen LogP contribution in [0.1, 0.15) is 33.1 Å². The number of unbranched alkanes of at least 4 members (excludes halogenated alkanes) is 1. The number of carbonyl (C=O) groups is 2. The van der Waals surface area contributed by atoms with Crippen LogP contribution in [0.2, 0.25) is 5.15 Å². The molecule has 9 nitrogen and oxygen atoms in total. The highest BCUT2D eigenvalue weighted by Gasteiger charge is 2.28. The van der Waals surface area contributed by atoms with Crippen molar-refractivity contribution in [3.05, 3.63) is 35.5 Å². The Morgan fingerprint density at radius 3 is 2.39 bits per heavy atom. The number of hydrogen-bond donors (Lipinski definition) is 0. The molecule has 0 N–H and O–H groups in total. The lowest BCUT2D eigenvalue weighted by Gasteiger charge is -2.40. The van der Waals surface area contributed by atoms with E-state index >= 15 is 0 Å². The number of piperazine rings is 2. The number of benzene rings is 1. The summed E-state index contributed by atoms with van der Waals surface area (Å²) in [6, 6.07) is 9.85. The van der Waals surface area contributed by atoms with Gasteiger partial charge >= 0.3 is 0 Å². The zero-order valence-electron chi connectivity index (χ0n) is 22.4. The first-order valence-electron chi connectivity index (χ1n) is 13.3. The molecule has 0 unspecified atom stereocenters. The molecule has 2 aliphatic rings. The third-order valence-electron chi connectivity index (χ3n) is 7.07. The molecule has 2 saturated heterocycles. The molecule has 2 fully saturated rings. The fourth-order valence-corrected chi connectivity index (χ4v) is 5.83. The molecule has 38 heavy (non-hydrogen) atoms. The van der Waals surface area contributed by atoms with Gasteiger partial charge in [0.1, 0.15) is 16.7 Å². The van der Waals surface area contributed by atoms with Crippen LogP contribution < -0.4 is 14.5 Å². The van der Waals surface area contributed by atoms with Gasteiger partial charge in [0.05, 0.1) is 12.9 Å². The van der Waals surface area contributed by atoms with Gasteiger partial charge in [-0.1, -0.05) is 36.7 Å². The molecule has 0 spiro atoms. The highest BCUT2D eigenvalue weighted by Crippen LogP contribution is 2.25. The lowest BCUT2D eigenvalue weighted by atomic mass is 10.1. The first-order valence-corrected chi connectivity index (χ1v) is 14.6. The lowest BCUT2D eigenvalue weighted by molar-refractivity contribution is -0.133. The maximum absolute atomic E-state index is 12.9. The van der Waals surface area contributed by atoms with Crippen LogP contribution in [-0.4, -0.2) is 96.3 Å². The number of nitrogens with zero attached hydrogens (tertiary/aromatic N) is 6. The maximum atomic E-state index is 12.9. The predicted molar refractivity (Wildman–Crippen MR) is 152 cm³/mol. The Bertz CT molecular complexity index is 1100. The van der Waals surface area contributed by atoms with Crippen LogP contribution in [0, 0.1) is 0 Å². The zero-order chi connectivity index (χ0) is 27.1. The van der Waals surface area contributed by atoms with Crippen LogP contribution in [0.5, 0.6) is 5.75 Å². The molecule has 0 radical (unpaired) electrons. The molecule has 206 valence electrons. The van der Waals surface area contributed by atoms with Crippen LogP contribution in [0.4, 0.5) is 11.5 Å². The minimum atomic E-state index is 0.0716. The summed E-state index contributed by atoms with van der Waals surface area (Å²) >= 11 is 7.65. The van der Waals surface area contributed by atoms with E-state index in [9.17, 15) is 9.59 Å². The van der Waals surface area contributed by atoms with E-state index in [4.69, 9.17) is 21.3 Å².